The standard InChI is InChI=1S/C13H14N2O3/c1-3-18-13(17)9(2)15-8-14-11-7-5-4-6-10(11)12(15)16/h4-9H,3H2,1-2H3/t9-/m0/s1. The number of hydrogen-bond donors (Lipinski definition) is 0. The lowest BCUT2D eigenvalue weighted by molar-refractivity contribution is -0.146. The van der Waals surface area contributed by atoms with E-state index in [-0.39, 0.29) is 5.56 Å². The molecule has 0 unspecified atom stereocenters. The third kappa shape index (κ3) is 2.11. The Morgan fingerprint density at radius 1 is 1.44 bits per heavy atom. The molecule has 0 radical (unpaired) electrons. The summed E-state index contributed by atoms with van der Waals surface area (Å²) in [5.74, 6) is -0.434. The van der Waals surface area contributed by atoms with Crippen LogP contribution in [0, 0.1) is 0 Å². The van der Waals surface area contributed by atoms with Gasteiger partial charge in [0.25, 0.3) is 5.56 Å². The van der Waals surface area contributed by atoms with Gasteiger partial charge >= 0.3 is 5.97 Å². The minimum Gasteiger partial charge on any atom is -0.464 e. The number of carbonyl (C=O) groups excluding carboxylic acids is 1. The van der Waals surface area contributed by atoms with Crippen LogP contribution in [0.25, 0.3) is 10.9 Å². The summed E-state index contributed by atoms with van der Waals surface area (Å²) in [6, 6.07) is 6.36. The molecule has 18 heavy (non-hydrogen) atoms. The fraction of sp³-hybridized carbons (Fsp3) is 0.308. The maximum atomic E-state index is 12.2. The molecule has 5 nitrogen and oxygen atoms in total. The van der Waals surface area contributed by atoms with E-state index < -0.39 is 12.0 Å². The monoisotopic (exact) mass is 246 g/mol. The Kier molecular flexibility index (Phi) is 3.41. The Balaban J connectivity index is 2.49. The summed E-state index contributed by atoms with van der Waals surface area (Å²) < 4.78 is 6.19. The lowest BCUT2D eigenvalue weighted by Crippen LogP contribution is -2.29. The first-order chi connectivity index (χ1) is 8.65. The maximum Gasteiger partial charge on any atom is 0.328 e. The van der Waals surface area contributed by atoms with E-state index in [2.05, 4.69) is 4.98 Å². The van der Waals surface area contributed by atoms with Crippen LogP contribution in [0.1, 0.15) is 19.9 Å². The molecule has 2 rings (SSSR count). The van der Waals surface area contributed by atoms with Crippen molar-refractivity contribution in [2.45, 2.75) is 19.9 Å². The van der Waals surface area contributed by atoms with Crippen LogP contribution in [0.4, 0.5) is 0 Å². The Morgan fingerprint density at radius 3 is 2.89 bits per heavy atom. The molecule has 5 heteroatoms. The largest absolute Gasteiger partial charge is 0.464 e. The van der Waals surface area contributed by atoms with E-state index in [4.69, 9.17) is 4.74 Å². The average Bonchev–Trinajstić information content (AvgIpc) is 2.39. The number of hydrogen-bond acceptors (Lipinski definition) is 4. The second-order valence-electron chi connectivity index (χ2n) is 3.90. The summed E-state index contributed by atoms with van der Waals surface area (Å²) in [5, 5.41) is 0.496. The molecule has 0 amide bonds. The SMILES string of the molecule is CCOC(=O)[C@H](C)n1cnc2ccccc2c1=O. The van der Waals surface area contributed by atoms with Crippen molar-refractivity contribution in [3.05, 3.63) is 40.9 Å². The van der Waals surface area contributed by atoms with Gasteiger partial charge in [-0.3, -0.25) is 9.36 Å². The van der Waals surface area contributed by atoms with E-state index >= 15 is 0 Å². The fourth-order valence-corrected chi connectivity index (χ4v) is 1.74. The Bertz CT molecular complexity index is 633. The number of carbonyl (C=O) groups is 1. The van der Waals surface area contributed by atoms with E-state index in [1.807, 2.05) is 6.07 Å². The van der Waals surface area contributed by atoms with Gasteiger partial charge < -0.3 is 4.74 Å². The number of para-hydroxylation sites is 1. The Labute approximate surface area is 104 Å². The first kappa shape index (κ1) is 12.3. The van der Waals surface area contributed by atoms with Crippen LogP contribution >= 0.6 is 0 Å². The highest BCUT2D eigenvalue weighted by atomic mass is 16.5. The first-order valence-electron chi connectivity index (χ1n) is 5.77. The van der Waals surface area contributed by atoms with Gasteiger partial charge in [-0.2, -0.15) is 0 Å². The van der Waals surface area contributed by atoms with Crippen molar-refractivity contribution in [2.75, 3.05) is 6.61 Å². The fourth-order valence-electron chi connectivity index (χ4n) is 1.74. The summed E-state index contributed by atoms with van der Waals surface area (Å²) >= 11 is 0. The first-order valence-corrected chi connectivity index (χ1v) is 5.77. The smallest absolute Gasteiger partial charge is 0.328 e. The summed E-state index contributed by atoms with van der Waals surface area (Å²) in [4.78, 5) is 28.0. The van der Waals surface area contributed by atoms with E-state index in [0.717, 1.165) is 0 Å². The van der Waals surface area contributed by atoms with Crippen molar-refractivity contribution in [3.8, 4) is 0 Å². The van der Waals surface area contributed by atoms with Crippen LogP contribution in [-0.4, -0.2) is 22.1 Å². The summed E-state index contributed by atoms with van der Waals surface area (Å²) in [6.07, 6.45) is 1.38. The van der Waals surface area contributed by atoms with Crippen molar-refractivity contribution >= 4 is 16.9 Å². The van der Waals surface area contributed by atoms with Crippen molar-refractivity contribution < 1.29 is 9.53 Å². The van der Waals surface area contributed by atoms with Crippen LogP contribution < -0.4 is 5.56 Å². The lowest BCUT2D eigenvalue weighted by Gasteiger charge is -2.13. The molecule has 0 N–H and O–H groups in total. The molecule has 0 bridgehead atoms. The van der Waals surface area contributed by atoms with E-state index in [9.17, 15) is 9.59 Å². The summed E-state index contributed by atoms with van der Waals surface area (Å²) in [7, 11) is 0. The quantitative estimate of drug-likeness (QED) is 0.770. The van der Waals surface area contributed by atoms with Crippen molar-refractivity contribution in [1.82, 2.24) is 9.55 Å². The number of ether oxygens (including phenoxy) is 1. The van der Waals surface area contributed by atoms with Crippen molar-refractivity contribution in [3.63, 3.8) is 0 Å². The van der Waals surface area contributed by atoms with E-state index in [1.54, 1.807) is 32.0 Å². The van der Waals surface area contributed by atoms with Crippen molar-refractivity contribution in [1.29, 1.82) is 0 Å². The zero-order valence-electron chi connectivity index (χ0n) is 10.3. The molecule has 94 valence electrons. The second kappa shape index (κ2) is 5.00. The van der Waals surface area contributed by atoms with E-state index in [0.29, 0.717) is 17.5 Å². The highest BCUT2D eigenvalue weighted by Crippen LogP contribution is 2.09. The summed E-state index contributed by atoms with van der Waals surface area (Å²) in [5.41, 5.74) is 0.385. The third-order valence-electron chi connectivity index (χ3n) is 2.74. The number of benzene rings is 1. The molecule has 0 aliphatic carbocycles. The molecule has 0 saturated carbocycles. The molecule has 0 aliphatic rings. The number of aromatic nitrogens is 2. The molecule has 0 aliphatic heterocycles. The minimum absolute atomic E-state index is 0.235. The topological polar surface area (TPSA) is 61.2 Å². The van der Waals surface area contributed by atoms with Crippen molar-refractivity contribution in [2.24, 2.45) is 0 Å². The van der Waals surface area contributed by atoms with Crippen LogP contribution in [0.3, 0.4) is 0 Å². The Hall–Kier alpha value is -2.17. The third-order valence-corrected chi connectivity index (χ3v) is 2.74. The maximum absolute atomic E-state index is 12.2. The number of fused-ring (bicyclic) bond motifs is 1. The molecule has 1 aromatic carbocycles. The second-order valence-corrected chi connectivity index (χ2v) is 3.90. The van der Waals surface area contributed by atoms with Gasteiger partial charge in [-0.15, -0.1) is 0 Å². The zero-order valence-corrected chi connectivity index (χ0v) is 10.3. The molecule has 0 fully saturated rings. The molecule has 0 spiro atoms. The van der Waals surface area contributed by atoms with Crippen LogP contribution in [0.5, 0.6) is 0 Å². The molecular formula is C13H14N2O3. The van der Waals surface area contributed by atoms with E-state index in [1.165, 1.54) is 10.9 Å². The highest BCUT2D eigenvalue weighted by molar-refractivity contribution is 5.78. The number of nitrogens with zero attached hydrogens (tertiary/aromatic N) is 2. The minimum atomic E-state index is -0.672. The van der Waals surface area contributed by atoms with Gasteiger partial charge in [0.15, 0.2) is 0 Å². The van der Waals surface area contributed by atoms with Gasteiger partial charge in [-0.1, -0.05) is 12.1 Å². The van der Waals surface area contributed by atoms with Gasteiger partial charge in [0.05, 0.1) is 23.8 Å². The van der Waals surface area contributed by atoms with Gasteiger partial charge in [-0.25, -0.2) is 9.78 Å². The zero-order chi connectivity index (χ0) is 13.1. The van der Waals surface area contributed by atoms with Gasteiger partial charge in [0.2, 0.25) is 0 Å². The van der Waals surface area contributed by atoms with Crippen LogP contribution in [0.15, 0.2) is 35.4 Å². The Morgan fingerprint density at radius 2 is 2.17 bits per heavy atom. The predicted molar refractivity (Wildman–Crippen MR) is 67.3 cm³/mol. The molecular weight excluding hydrogens is 232 g/mol. The molecule has 1 aromatic heterocycles. The molecule has 1 heterocycles. The molecule has 0 saturated heterocycles. The molecule has 1 atom stereocenters. The average molecular weight is 246 g/mol. The van der Waals surface area contributed by atoms with Crippen LogP contribution in [-0.2, 0) is 9.53 Å². The highest BCUT2D eigenvalue weighted by Gasteiger charge is 2.18. The van der Waals surface area contributed by atoms with Gasteiger partial charge in [0, 0.05) is 0 Å². The van der Waals surface area contributed by atoms with Gasteiger partial charge in [-0.05, 0) is 26.0 Å². The number of esters is 1. The van der Waals surface area contributed by atoms with Crippen LogP contribution in [0.2, 0.25) is 0 Å². The molecule has 2 aromatic rings. The summed E-state index contributed by atoms with van der Waals surface area (Å²) in [6.45, 7) is 3.64. The normalized spacial score (nSPS) is 12.3. The van der Waals surface area contributed by atoms with Gasteiger partial charge in [0.1, 0.15) is 6.04 Å². The predicted octanol–water partition coefficient (Wildman–Crippen LogP) is 1.52. The number of rotatable bonds is 3. The lowest BCUT2D eigenvalue weighted by atomic mass is 10.2.